The second kappa shape index (κ2) is 5.56. The van der Waals surface area contributed by atoms with Crippen molar-refractivity contribution in [2.75, 3.05) is 12.5 Å². The Morgan fingerprint density at radius 1 is 1.22 bits per heavy atom. The normalized spacial score (nSPS) is 9.94. The lowest BCUT2D eigenvalue weighted by Crippen LogP contribution is -2.12. The molecule has 0 bridgehead atoms. The highest BCUT2D eigenvalue weighted by Crippen LogP contribution is 2.22. The maximum atomic E-state index is 5.41. The number of nitrogens with zero attached hydrogens (tertiary/aromatic N) is 4. The van der Waals surface area contributed by atoms with Gasteiger partial charge in [0.1, 0.15) is 0 Å². The largest absolute Gasteiger partial charge is 0.467 e. The first-order valence-corrected chi connectivity index (χ1v) is 5.55. The van der Waals surface area contributed by atoms with Crippen molar-refractivity contribution in [3.8, 4) is 17.8 Å². The zero-order valence-corrected chi connectivity index (χ0v) is 10.9. The lowest BCUT2D eigenvalue weighted by Gasteiger charge is -2.06. The Hall–Kier alpha value is -2.00. The van der Waals surface area contributed by atoms with Crippen LogP contribution in [0.1, 0.15) is 0 Å². The van der Waals surface area contributed by atoms with E-state index in [9.17, 15) is 0 Å². The molecule has 0 fully saturated rings. The van der Waals surface area contributed by atoms with Crippen molar-refractivity contribution >= 4 is 21.9 Å². The van der Waals surface area contributed by atoms with E-state index < -0.39 is 0 Å². The Labute approximate surface area is 111 Å². The van der Waals surface area contributed by atoms with Gasteiger partial charge in [0.15, 0.2) is 5.75 Å². The fourth-order valence-electron chi connectivity index (χ4n) is 1.09. The molecule has 2 heterocycles. The predicted octanol–water partition coefficient (Wildman–Crippen LogP) is 1.12. The van der Waals surface area contributed by atoms with E-state index in [1.54, 1.807) is 12.3 Å². The lowest BCUT2D eigenvalue weighted by atomic mass is 10.5. The van der Waals surface area contributed by atoms with Gasteiger partial charge in [-0.25, -0.2) is 5.84 Å². The van der Waals surface area contributed by atoms with Crippen molar-refractivity contribution in [1.29, 1.82) is 0 Å². The number of ether oxygens (including phenoxy) is 2. The number of methoxy groups -OCH3 is 1. The fraction of sp³-hybridized carbons (Fsp3) is 0.111. The Morgan fingerprint density at radius 2 is 2.00 bits per heavy atom. The Morgan fingerprint density at radius 3 is 2.67 bits per heavy atom. The number of hydrazine groups is 1. The van der Waals surface area contributed by atoms with E-state index in [4.69, 9.17) is 15.3 Å². The van der Waals surface area contributed by atoms with Crippen molar-refractivity contribution in [3.63, 3.8) is 0 Å². The summed E-state index contributed by atoms with van der Waals surface area (Å²) >= 11 is 3.28. The van der Waals surface area contributed by atoms with E-state index in [-0.39, 0.29) is 18.0 Å². The number of nitrogen functional groups attached to an aromatic ring is 1. The van der Waals surface area contributed by atoms with Crippen LogP contribution in [0.15, 0.2) is 22.9 Å². The van der Waals surface area contributed by atoms with Gasteiger partial charge in [0, 0.05) is 10.7 Å². The second-order valence-corrected chi connectivity index (χ2v) is 3.93. The number of nitrogens with two attached hydrogens (primary N) is 1. The standard InChI is InChI=1S/C9H9BrN6O2/c1-17-8-13-7(16-11)14-9(15-8)18-6-2-5(10)3-12-4-6/h2-4H,11H2,1H3,(H,13,14,15,16). The van der Waals surface area contributed by atoms with Gasteiger partial charge >= 0.3 is 12.0 Å². The van der Waals surface area contributed by atoms with Crippen LogP contribution in [0.2, 0.25) is 0 Å². The molecule has 0 spiro atoms. The van der Waals surface area contributed by atoms with E-state index in [2.05, 4.69) is 41.3 Å². The summed E-state index contributed by atoms with van der Waals surface area (Å²) in [6, 6.07) is 1.87. The van der Waals surface area contributed by atoms with E-state index in [0.29, 0.717) is 5.75 Å². The Balaban J connectivity index is 2.28. The van der Waals surface area contributed by atoms with Crippen LogP contribution < -0.4 is 20.7 Å². The summed E-state index contributed by atoms with van der Waals surface area (Å²) in [6.07, 6.45) is 3.16. The van der Waals surface area contributed by atoms with Gasteiger partial charge in [-0.3, -0.25) is 10.4 Å². The number of aromatic nitrogens is 4. The van der Waals surface area contributed by atoms with Crippen LogP contribution in [0.3, 0.4) is 0 Å². The zero-order chi connectivity index (χ0) is 13.0. The first-order chi connectivity index (χ1) is 8.71. The number of hydrogen-bond donors (Lipinski definition) is 2. The molecule has 9 heteroatoms. The average molecular weight is 313 g/mol. The maximum Gasteiger partial charge on any atom is 0.330 e. The molecule has 0 aliphatic rings. The Kier molecular flexibility index (Phi) is 3.85. The summed E-state index contributed by atoms with van der Waals surface area (Å²) in [6.45, 7) is 0. The highest BCUT2D eigenvalue weighted by atomic mass is 79.9. The first kappa shape index (κ1) is 12.5. The molecular weight excluding hydrogens is 304 g/mol. The molecule has 94 valence electrons. The summed E-state index contributed by atoms with van der Waals surface area (Å²) in [4.78, 5) is 15.6. The zero-order valence-electron chi connectivity index (χ0n) is 9.29. The molecule has 8 nitrogen and oxygen atoms in total. The average Bonchev–Trinajstić information content (AvgIpc) is 2.38. The molecule has 0 saturated heterocycles. The van der Waals surface area contributed by atoms with Gasteiger partial charge in [0.25, 0.3) is 0 Å². The topological polar surface area (TPSA) is 108 Å². The molecule has 0 aliphatic carbocycles. The number of nitrogens with one attached hydrogen (secondary N) is 1. The molecule has 0 saturated carbocycles. The van der Waals surface area contributed by atoms with Crippen LogP contribution in [0.25, 0.3) is 0 Å². The van der Waals surface area contributed by atoms with Gasteiger partial charge in [0.05, 0.1) is 13.3 Å². The highest BCUT2D eigenvalue weighted by molar-refractivity contribution is 9.10. The van der Waals surface area contributed by atoms with Gasteiger partial charge in [-0.2, -0.15) is 9.97 Å². The molecule has 0 unspecified atom stereocenters. The van der Waals surface area contributed by atoms with Crippen LogP contribution in [0, 0.1) is 0 Å². The van der Waals surface area contributed by atoms with Gasteiger partial charge in [-0.1, -0.05) is 0 Å². The predicted molar refractivity (Wildman–Crippen MR) is 66.2 cm³/mol. The minimum atomic E-state index is 0.0506. The lowest BCUT2D eigenvalue weighted by molar-refractivity contribution is 0.360. The summed E-state index contributed by atoms with van der Waals surface area (Å²) < 4.78 is 11.1. The number of anilines is 1. The van der Waals surface area contributed by atoms with Crippen LogP contribution in [0.4, 0.5) is 5.95 Å². The smallest absolute Gasteiger partial charge is 0.330 e. The third-order valence-corrected chi connectivity index (χ3v) is 2.23. The molecule has 2 aromatic rings. The fourth-order valence-corrected chi connectivity index (χ4v) is 1.44. The maximum absolute atomic E-state index is 5.41. The van der Waals surface area contributed by atoms with Crippen LogP contribution in [0.5, 0.6) is 17.8 Å². The minimum absolute atomic E-state index is 0.0506. The molecule has 18 heavy (non-hydrogen) atoms. The quantitative estimate of drug-likeness (QED) is 0.638. The van der Waals surface area contributed by atoms with E-state index in [1.165, 1.54) is 13.3 Å². The van der Waals surface area contributed by atoms with Crippen molar-refractivity contribution in [1.82, 2.24) is 19.9 Å². The molecular formula is C9H9BrN6O2. The van der Waals surface area contributed by atoms with Gasteiger partial charge in [0.2, 0.25) is 5.95 Å². The van der Waals surface area contributed by atoms with Crippen molar-refractivity contribution in [2.45, 2.75) is 0 Å². The SMILES string of the molecule is COc1nc(NN)nc(Oc2cncc(Br)c2)n1. The minimum Gasteiger partial charge on any atom is -0.467 e. The number of halogens is 1. The van der Waals surface area contributed by atoms with Gasteiger partial charge < -0.3 is 9.47 Å². The summed E-state index contributed by atoms with van der Waals surface area (Å²) in [5, 5.41) is 0. The molecule has 0 amide bonds. The molecule has 2 aromatic heterocycles. The Bertz CT molecular complexity index is 530. The van der Waals surface area contributed by atoms with Crippen molar-refractivity contribution < 1.29 is 9.47 Å². The highest BCUT2D eigenvalue weighted by Gasteiger charge is 2.08. The molecule has 0 radical (unpaired) electrons. The number of hydrogen-bond acceptors (Lipinski definition) is 8. The first-order valence-electron chi connectivity index (χ1n) is 4.76. The molecule has 0 aromatic carbocycles. The molecule has 2 rings (SSSR count). The van der Waals surface area contributed by atoms with E-state index >= 15 is 0 Å². The summed E-state index contributed by atoms with van der Waals surface area (Å²) in [5.41, 5.74) is 2.29. The molecule has 3 N–H and O–H groups in total. The molecule has 0 atom stereocenters. The van der Waals surface area contributed by atoms with Gasteiger partial charge in [-0.05, 0) is 22.0 Å². The number of rotatable bonds is 4. The third kappa shape index (κ3) is 3.02. The monoisotopic (exact) mass is 312 g/mol. The second-order valence-electron chi connectivity index (χ2n) is 3.01. The van der Waals surface area contributed by atoms with Crippen LogP contribution in [-0.2, 0) is 0 Å². The van der Waals surface area contributed by atoms with Crippen LogP contribution in [-0.4, -0.2) is 27.0 Å². The van der Waals surface area contributed by atoms with E-state index in [0.717, 1.165) is 4.47 Å². The third-order valence-electron chi connectivity index (χ3n) is 1.79. The van der Waals surface area contributed by atoms with E-state index in [1.807, 2.05) is 0 Å². The molecule has 0 aliphatic heterocycles. The van der Waals surface area contributed by atoms with Gasteiger partial charge in [-0.15, -0.1) is 4.98 Å². The summed E-state index contributed by atoms with van der Waals surface area (Å²) in [7, 11) is 1.43. The van der Waals surface area contributed by atoms with Crippen molar-refractivity contribution in [2.24, 2.45) is 5.84 Å². The summed E-state index contributed by atoms with van der Waals surface area (Å²) in [5.74, 6) is 5.84. The van der Waals surface area contributed by atoms with Crippen LogP contribution >= 0.6 is 15.9 Å². The van der Waals surface area contributed by atoms with Crippen molar-refractivity contribution in [3.05, 3.63) is 22.9 Å². The number of pyridine rings is 1.